The van der Waals surface area contributed by atoms with E-state index in [1.165, 1.54) is 0 Å². The first-order chi connectivity index (χ1) is 11.3. The minimum atomic E-state index is 0.312. The van der Waals surface area contributed by atoms with E-state index in [2.05, 4.69) is 17.1 Å². The second-order valence-electron chi connectivity index (χ2n) is 5.39. The highest BCUT2D eigenvalue weighted by Crippen LogP contribution is 2.30. The summed E-state index contributed by atoms with van der Waals surface area (Å²) >= 11 is 0. The van der Waals surface area contributed by atoms with Crippen LogP contribution in [-0.2, 0) is 6.42 Å². The van der Waals surface area contributed by atoms with Crippen molar-refractivity contribution < 1.29 is 5.11 Å². The van der Waals surface area contributed by atoms with Gasteiger partial charge in [-0.2, -0.15) is 0 Å². The van der Waals surface area contributed by atoms with Crippen LogP contribution in [0.25, 0.3) is 11.1 Å². The Balaban J connectivity index is 2.04. The highest BCUT2D eigenvalue weighted by molar-refractivity contribution is 5.88. The molecular weight excluding hydrogens is 282 g/mol. The fourth-order valence-corrected chi connectivity index (χ4v) is 2.54. The molecule has 3 rings (SSSR count). The predicted octanol–water partition coefficient (Wildman–Crippen LogP) is 5.37. The third kappa shape index (κ3) is 3.49. The molecule has 0 aromatic heterocycles. The number of aromatic hydroxyl groups is 1. The average molecular weight is 301 g/mol. The van der Waals surface area contributed by atoms with Gasteiger partial charge in [0.1, 0.15) is 5.75 Å². The molecule has 3 aromatic rings. The van der Waals surface area contributed by atoms with Crippen molar-refractivity contribution in [3.63, 3.8) is 0 Å². The van der Waals surface area contributed by atoms with E-state index in [4.69, 9.17) is 0 Å². The topological polar surface area (TPSA) is 32.6 Å². The first-order valence-corrected chi connectivity index (χ1v) is 7.78. The Morgan fingerprint density at radius 1 is 0.870 bits per heavy atom. The molecule has 0 fully saturated rings. The molecule has 0 aliphatic rings. The molecule has 3 aromatic carbocycles. The van der Waals surface area contributed by atoms with Crippen molar-refractivity contribution in [3.05, 3.63) is 83.9 Å². The monoisotopic (exact) mass is 301 g/mol. The molecule has 0 heterocycles. The van der Waals surface area contributed by atoms with Gasteiger partial charge in [0, 0.05) is 11.8 Å². The molecule has 0 radical (unpaired) electrons. The third-order valence-corrected chi connectivity index (χ3v) is 3.82. The molecule has 0 saturated carbocycles. The molecule has 0 spiro atoms. The van der Waals surface area contributed by atoms with Gasteiger partial charge in [-0.3, -0.25) is 4.99 Å². The van der Waals surface area contributed by atoms with Crippen LogP contribution >= 0.6 is 0 Å². The van der Waals surface area contributed by atoms with E-state index in [-0.39, 0.29) is 0 Å². The van der Waals surface area contributed by atoms with Crippen LogP contribution in [-0.4, -0.2) is 11.3 Å². The summed E-state index contributed by atoms with van der Waals surface area (Å²) in [5.74, 6) is 0.312. The maximum absolute atomic E-state index is 10.4. The number of aryl methyl sites for hydroxylation is 1. The molecule has 2 nitrogen and oxygen atoms in total. The average Bonchev–Trinajstić information content (AvgIpc) is 2.62. The van der Waals surface area contributed by atoms with Crippen LogP contribution in [0.5, 0.6) is 5.75 Å². The standard InChI is InChI=1S/C21H19NO/c1-2-16-13-18(17-9-5-3-6-10-17)14-19(21(16)23)15-22-20-11-7-4-8-12-20/h3-15,23H,2H2,1H3. The molecule has 114 valence electrons. The van der Waals surface area contributed by atoms with Crippen molar-refractivity contribution in [2.75, 3.05) is 0 Å². The molecule has 0 aliphatic heterocycles. The molecule has 0 bridgehead atoms. The van der Waals surface area contributed by atoms with Crippen LogP contribution in [0.15, 0.2) is 77.8 Å². The summed E-state index contributed by atoms with van der Waals surface area (Å²) < 4.78 is 0. The Bertz CT molecular complexity index is 808. The number of rotatable bonds is 4. The smallest absolute Gasteiger partial charge is 0.127 e. The Hall–Kier alpha value is -2.87. The molecule has 1 N–H and O–H groups in total. The fourth-order valence-electron chi connectivity index (χ4n) is 2.54. The van der Waals surface area contributed by atoms with Crippen molar-refractivity contribution in [1.82, 2.24) is 0 Å². The maximum atomic E-state index is 10.4. The maximum Gasteiger partial charge on any atom is 0.127 e. The Morgan fingerprint density at radius 3 is 2.17 bits per heavy atom. The van der Waals surface area contributed by atoms with Crippen molar-refractivity contribution in [3.8, 4) is 16.9 Å². The van der Waals surface area contributed by atoms with Gasteiger partial charge >= 0.3 is 0 Å². The number of hydrogen-bond acceptors (Lipinski definition) is 2. The molecule has 0 atom stereocenters. The lowest BCUT2D eigenvalue weighted by molar-refractivity contribution is 0.468. The number of nitrogens with zero attached hydrogens (tertiary/aromatic N) is 1. The first kappa shape index (κ1) is 15.0. The summed E-state index contributed by atoms with van der Waals surface area (Å²) in [5.41, 5.74) is 4.77. The van der Waals surface area contributed by atoms with Crippen LogP contribution < -0.4 is 0 Å². The van der Waals surface area contributed by atoms with Gasteiger partial charge < -0.3 is 5.11 Å². The summed E-state index contributed by atoms with van der Waals surface area (Å²) in [7, 11) is 0. The van der Waals surface area contributed by atoms with Crippen LogP contribution in [0.2, 0.25) is 0 Å². The highest BCUT2D eigenvalue weighted by Gasteiger charge is 2.08. The summed E-state index contributed by atoms with van der Waals surface area (Å²) in [6, 6.07) is 24.0. The molecular formula is C21H19NO. The summed E-state index contributed by atoms with van der Waals surface area (Å²) in [6.07, 6.45) is 2.51. The lowest BCUT2D eigenvalue weighted by Gasteiger charge is -2.10. The molecule has 23 heavy (non-hydrogen) atoms. The van der Waals surface area contributed by atoms with Gasteiger partial charge in [0.05, 0.1) is 5.69 Å². The second kappa shape index (κ2) is 6.93. The zero-order valence-electron chi connectivity index (χ0n) is 13.1. The lowest BCUT2D eigenvalue weighted by Crippen LogP contribution is -1.91. The Morgan fingerprint density at radius 2 is 1.52 bits per heavy atom. The van der Waals surface area contributed by atoms with Crippen LogP contribution in [0.3, 0.4) is 0 Å². The molecule has 0 aliphatic carbocycles. The van der Waals surface area contributed by atoms with Crippen LogP contribution in [0, 0.1) is 0 Å². The minimum absolute atomic E-state index is 0.312. The lowest BCUT2D eigenvalue weighted by atomic mass is 9.98. The van der Waals surface area contributed by atoms with E-state index in [1.807, 2.05) is 67.6 Å². The van der Waals surface area contributed by atoms with Crippen molar-refractivity contribution in [2.45, 2.75) is 13.3 Å². The first-order valence-electron chi connectivity index (χ1n) is 7.78. The van der Waals surface area contributed by atoms with Gasteiger partial charge in [0.2, 0.25) is 0 Å². The summed E-state index contributed by atoms with van der Waals surface area (Å²) in [5, 5.41) is 10.4. The highest BCUT2D eigenvalue weighted by atomic mass is 16.3. The van der Waals surface area contributed by atoms with Gasteiger partial charge in [-0.25, -0.2) is 0 Å². The van der Waals surface area contributed by atoms with Gasteiger partial charge in [-0.1, -0.05) is 55.5 Å². The van der Waals surface area contributed by atoms with Gasteiger partial charge in [0.15, 0.2) is 0 Å². The van der Waals surface area contributed by atoms with Gasteiger partial charge in [-0.15, -0.1) is 0 Å². The zero-order chi connectivity index (χ0) is 16.1. The SMILES string of the molecule is CCc1cc(-c2ccccc2)cc(C=Nc2ccccc2)c1O. The Kier molecular flexibility index (Phi) is 4.53. The predicted molar refractivity (Wildman–Crippen MR) is 96.6 cm³/mol. The van der Waals surface area contributed by atoms with E-state index in [0.717, 1.165) is 34.4 Å². The largest absolute Gasteiger partial charge is 0.507 e. The minimum Gasteiger partial charge on any atom is -0.507 e. The zero-order valence-corrected chi connectivity index (χ0v) is 13.1. The molecule has 0 saturated heterocycles. The van der Waals surface area contributed by atoms with E-state index >= 15 is 0 Å². The third-order valence-electron chi connectivity index (χ3n) is 3.82. The number of phenols is 1. The summed E-state index contributed by atoms with van der Waals surface area (Å²) in [6.45, 7) is 2.04. The number of aliphatic imine (C=N–C) groups is 1. The van der Waals surface area contributed by atoms with Crippen LogP contribution in [0.4, 0.5) is 5.69 Å². The normalized spacial score (nSPS) is 11.0. The van der Waals surface area contributed by atoms with Gasteiger partial charge in [-0.05, 0) is 47.4 Å². The number of benzene rings is 3. The fraction of sp³-hybridized carbons (Fsp3) is 0.0952. The molecule has 2 heteroatoms. The summed E-state index contributed by atoms with van der Waals surface area (Å²) in [4.78, 5) is 4.46. The Labute approximate surface area is 136 Å². The number of hydrogen-bond donors (Lipinski definition) is 1. The van der Waals surface area contributed by atoms with Gasteiger partial charge in [0.25, 0.3) is 0 Å². The number of phenolic OH excluding ortho intramolecular Hbond substituents is 1. The van der Waals surface area contributed by atoms with E-state index < -0.39 is 0 Å². The van der Waals surface area contributed by atoms with Crippen molar-refractivity contribution in [1.29, 1.82) is 0 Å². The van der Waals surface area contributed by atoms with E-state index in [1.54, 1.807) is 6.21 Å². The van der Waals surface area contributed by atoms with E-state index in [9.17, 15) is 5.11 Å². The second-order valence-corrected chi connectivity index (χ2v) is 5.39. The molecule has 0 amide bonds. The quantitative estimate of drug-likeness (QED) is 0.645. The molecule has 0 unspecified atom stereocenters. The van der Waals surface area contributed by atoms with Crippen molar-refractivity contribution in [2.24, 2.45) is 4.99 Å². The number of para-hydroxylation sites is 1. The van der Waals surface area contributed by atoms with Crippen molar-refractivity contribution >= 4 is 11.9 Å². The van der Waals surface area contributed by atoms with Crippen LogP contribution in [0.1, 0.15) is 18.1 Å². The van der Waals surface area contributed by atoms with E-state index in [0.29, 0.717) is 5.75 Å².